The van der Waals surface area contributed by atoms with Crippen molar-refractivity contribution < 1.29 is 4.79 Å². The Hall–Kier alpha value is -2.17. The number of hydrogen-bond acceptors (Lipinski definition) is 3. The second-order valence-corrected chi connectivity index (χ2v) is 5.42. The Kier molecular flexibility index (Phi) is 5.09. The molecule has 0 saturated carbocycles. The van der Waals surface area contributed by atoms with Crippen molar-refractivity contribution in [2.45, 2.75) is 39.2 Å². The van der Waals surface area contributed by atoms with E-state index in [2.05, 4.69) is 29.1 Å². The lowest BCUT2D eigenvalue weighted by Gasteiger charge is -2.17. The van der Waals surface area contributed by atoms with Crippen molar-refractivity contribution in [2.24, 2.45) is 0 Å². The molecule has 0 aliphatic carbocycles. The number of amides is 1. The van der Waals surface area contributed by atoms with Crippen molar-refractivity contribution in [3.05, 3.63) is 48.3 Å². The van der Waals surface area contributed by atoms with Gasteiger partial charge in [-0.05, 0) is 31.0 Å². The molecule has 1 amide bonds. The molecule has 0 radical (unpaired) electrons. The lowest BCUT2D eigenvalue weighted by molar-refractivity contribution is -0.123. The van der Waals surface area contributed by atoms with Crippen molar-refractivity contribution >= 4 is 5.91 Å². The van der Waals surface area contributed by atoms with Gasteiger partial charge in [0.05, 0.1) is 0 Å². The van der Waals surface area contributed by atoms with Crippen molar-refractivity contribution in [1.82, 2.24) is 19.9 Å². The topological polar surface area (TPSA) is 59.8 Å². The van der Waals surface area contributed by atoms with Crippen LogP contribution in [0.5, 0.6) is 0 Å². The monoisotopic (exact) mass is 286 g/mol. The Balaban J connectivity index is 1.89. The molecule has 0 unspecified atom stereocenters. The number of carbonyl (C=O) groups is 1. The van der Waals surface area contributed by atoms with Crippen molar-refractivity contribution in [3.63, 3.8) is 0 Å². The molecule has 0 aromatic carbocycles. The van der Waals surface area contributed by atoms with Crippen LogP contribution in [0.1, 0.15) is 44.1 Å². The van der Waals surface area contributed by atoms with Gasteiger partial charge in [-0.1, -0.05) is 13.8 Å². The van der Waals surface area contributed by atoms with Gasteiger partial charge in [0.2, 0.25) is 5.91 Å². The van der Waals surface area contributed by atoms with E-state index < -0.39 is 0 Å². The minimum absolute atomic E-state index is 0.0176. The van der Waals surface area contributed by atoms with Crippen molar-refractivity contribution in [1.29, 1.82) is 0 Å². The van der Waals surface area contributed by atoms with Gasteiger partial charge in [-0.3, -0.25) is 9.78 Å². The minimum Gasteiger partial charge on any atom is -0.354 e. The number of imidazole rings is 1. The molecule has 112 valence electrons. The van der Waals surface area contributed by atoms with Gasteiger partial charge >= 0.3 is 0 Å². The maximum Gasteiger partial charge on any atom is 0.242 e. The van der Waals surface area contributed by atoms with Crippen LogP contribution in [0.4, 0.5) is 0 Å². The zero-order valence-corrected chi connectivity index (χ0v) is 12.8. The van der Waals surface area contributed by atoms with Crippen LogP contribution < -0.4 is 5.32 Å². The number of pyridine rings is 1. The van der Waals surface area contributed by atoms with Crippen LogP contribution in [-0.4, -0.2) is 27.0 Å². The predicted octanol–water partition coefficient (Wildman–Crippen LogP) is 2.32. The maximum absolute atomic E-state index is 12.2. The van der Waals surface area contributed by atoms with Gasteiger partial charge in [-0.2, -0.15) is 0 Å². The van der Waals surface area contributed by atoms with Crippen LogP contribution in [-0.2, 0) is 11.2 Å². The molecule has 2 aromatic rings. The van der Waals surface area contributed by atoms with E-state index in [1.54, 1.807) is 18.6 Å². The number of carbonyl (C=O) groups excluding carboxylic acids is 1. The van der Waals surface area contributed by atoms with E-state index >= 15 is 0 Å². The van der Waals surface area contributed by atoms with Gasteiger partial charge in [-0.15, -0.1) is 0 Å². The Bertz CT molecular complexity index is 577. The van der Waals surface area contributed by atoms with E-state index in [1.807, 2.05) is 29.8 Å². The third kappa shape index (κ3) is 3.90. The van der Waals surface area contributed by atoms with Gasteiger partial charge in [0.15, 0.2) is 0 Å². The SMILES string of the molecule is CC(C)c1nccn1[C@H](C)C(=O)NCCc1ccncc1. The van der Waals surface area contributed by atoms with Crippen molar-refractivity contribution in [2.75, 3.05) is 6.54 Å². The van der Waals surface area contributed by atoms with Crippen LogP contribution in [0.25, 0.3) is 0 Å². The summed E-state index contributed by atoms with van der Waals surface area (Å²) in [7, 11) is 0. The molecule has 2 aromatic heterocycles. The van der Waals surface area contributed by atoms with Gasteiger partial charge in [0.25, 0.3) is 0 Å². The lowest BCUT2D eigenvalue weighted by Crippen LogP contribution is -2.33. The van der Waals surface area contributed by atoms with E-state index in [0.717, 1.165) is 12.2 Å². The molecule has 2 heterocycles. The quantitative estimate of drug-likeness (QED) is 0.886. The normalized spacial score (nSPS) is 12.4. The van der Waals surface area contributed by atoms with Crippen LogP contribution >= 0.6 is 0 Å². The summed E-state index contributed by atoms with van der Waals surface area (Å²) in [4.78, 5) is 20.5. The van der Waals surface area contributed by atoms with E-state index in [0.29, 0.717) is 12.5 Å². The van der Waals surface area contributed by atoms with Crippen LogP contribution in [0, 0.1) is 0 Å². The number of nitrogens with zero attached hydrogens (tertiary/aromatic N) is 3. The highest BCUT2D eigenvalue weighted by Gasteiger charge is 2.18. The summed E-state index contributed by atoms with van der Waals surface area (Å²) in [5, 5.41) is 2.98. The summed E-state index contributed by atoms with van der Waals surface area (Å²) in [6.07, 6.45) is 7.95. The molecule has 1 N–H and O–H groups in total. The zero-order valence-electron chi connectivity index (χ0n) is 12.8. The van der Waals surface area contributed by atoms with Crippen LogP contribution in [0.2, 0.25) is 0 Å². The molecular formula is C16H22N4O. The Morgan fingerprint density at radius 3 is 2.62 bits per heavy atom. The predicted molar refractivity (Wildman–Crippen MR) is 82.0 cm³/mol. The first kappa shape index (κ1) is 15.2. The molecule has 21 heavy (non-hydrogen) atoms. The number of rotatable bonds is 6. The summed E-state index contributed by atoms with van der Waals surface area (Å²) >= 11 is 0. The van der Waals surface area contributed by atoms with E-state index in [4.69, 9.17) is 0 Å². The van der Waals surface area contributed by atoms with Gasteiger partial charge in [0, 0.05) is 37.3 Å². The molecule has 0 saturated heterocycles. The Morgan fingerprint density at radius 2 is 1.95 bits per heavy atom. The highest BCUT2D eigenvalue weighted by molar-refractivity contribution is 5.79. The first-order valence-electron chi connectivity index (χ1n) is 7.29. The molecule has 5 nitrogen and oxygen atoms in total. The zero-order chi connectivity index (χ0) is 15.2. The third-order valence-electron chi connectivity index (χ3n) is 3.47. The van der Waals surface area contributed by atoms with Gasteiger partial charge < -0.3 is 9.88 Å². The summed E-state index contributed by atoms with van der Waals surface area (Å²) in [5.74, 6) is 1.25. The van der Waals surface area contributed by atoms with E-state index in [-0.39, 0.29) is 11.9 Å². The van der Waals surface area contributed by atoms with E-state index in [1.165, 1.54) is 5.56 Å². The summed E-state index contributed by atoms with van der Waals surface area (Å²) in [6, 6.07) is 3.67. The summed E-state index contributed by atoms with van der Waals surface area (Å²) < 4.78 is 1.94. The average Bonchev–Trinajstić information content (AvgIpc) is 2.97. The fraction of sp³-hybridized carbons (Fsp3) is 0.438. The largest absolute Gasteiger partial charge is 0.354 e. The molecule has 0 aliphatic heterocycles. The Labute approximate surface area is 125 Å². The number of aromatic nitrogens is 3. The maximum atomic E-state index is 12.2. The molecule has 1 atom stereocenters. The first-order chi connectivity index (χ1) is 10.1. The molecule has 0 aliphatic rings. The first-order valence-corrected chi connectivity index (χ1v) is 7.29. The minimum atomic E-state index is -0.248. The van der Waals surface area contributed by atoms with E-state index in [9.17, 15) is 4.79 Å². The third-order valence-corrected chi connectivity index (χ3v) is 3.47. The number of nitrogens with one attached hydrogen (secondary N) is 1. The van der Waals surface area contributed by atoms with Crippen LogP contribution in [0.3, 0.4) is 0 Å². The second kappa shape index (κ2) is 7.02. The molecule has 5 heteroatoms. The lowest BCUT2D eigenvalue weighted by atomic mass is 10.2. The molecule has 0 bridgehead atoms. The van der Waals surface area contributed by atoms with Crippen LogP contribution in [0.15, 0.2) is 36.9 Å². The highest BCUT2D eigenvalue weighted by Crippen LogP contribution is 2.17. The van der Waals surface area contributed by atoms with Crippen molar-refractivity contribution in [3.8, 4) is 0 Å². The average molecular weight is 286 g/mol. The fourth-order valence-corrected chi connectivity index (χ4v) is 2.25. The second-order valence-electron chi connectivity index (χ2n) is 5.42. The fourth-order valence-electron chi connectivity index (χ4n) is 2.25. The highest BCUT2D eigenvalue weighted by atomic mass is 16.2. The molecule has 0 fully saturated rings. The molecule has 0 spiro atoms. The van der Waals surface area contributed by atoms with Gasteiger partial charge in [-0.25, -0.2) is 4.98 Å². The summed E-state index contributed by atoms with van der Waals surface area (Å²) in [5.41, 5.74) is 1.17. The Morgan fingerprint density at radius 1 is 1.24 bits per heavy atom. The number of hydrogen-bond donors (Lipinski definition) is 1. The summed E-state index contributed by atoms with van der Waals surface area (Å²) in [6.45, 7) is 6.67. The standard InChI is InChI=1S/C16H22N4O/c1-12(2)15-18-10-11-20(15)13(3)16(21)19-9-6-14-4-7-17-8-5-14/h4-5,7-8,10-13H,6,9H2,1-3H3,(H,19,21)/t13-/m1/s1. The smallest absolute Gasteiger partial charge is 0.242 e. The molecule has 2 rings (SSSR count). The van der Waals surface area contributed by atoms with Gasteiger partial charge in [0.1, 0.15) is 11.9 Å². The molecular weight excluding hydrogens is 264 g/mol.